The molecule has 7 heteroatoms. The predicted octanol–water partition coefficient (Wildman–Crippen LogP) is 6.28. The van der Waals surface area contributed by atoms with Crippen LogP contribution in [0.4, 0.5) is 10.5 Å². The maximum absolute atomic E-state index is 12.9. The molecule has 0 heterocycles. The molecule has 2 aromatic rings. The number of carbonyl (C=O) groups excluding carboxylic acids is 3. The van der Waals surface area contributed by atoms with Crippen molar-refractivity contribution in [3.8, 4) is 5.75 Å². The molecule has 7 nitrogen and oxygen atoms in total. The number of carbonyl (C=O) groups is 3. The Labute approximate surface area is 199 Å². The Morgan fingerprint density at radius 1 is 0.676 bits per heavy atom. The van der Waals surface area contributed by atoms with Gasteiger partial charge in [0.15, 0.2) is 0 Å². The first-order valence-electron chi connectivity index (χ1n) is 12.2. The highest BCUT2D eigenvalue weighted by molar-refractivity contribution is 5.99. The molecular formula is C27H31NO6. The van der Waals surface area contributed by atoms with E-state index in [4.69, 9.17) is 14.2 Å². The summed E-state index contributed by atoms with van der Waals surface area (Å²) in [7, 11) is 0. The van der Waals surface area contributed by atoms with Crippen LogP contribution in [-0.4, -0.2) is 30.2 Å². The number of hydrogen-bond donors (Lipinski definition) is 1. The van der Waals surface area contributed by atoms with Crippen LogP contribution in [0.5, 0.6) is 5.75 Å². The number of benzene rings is 2. The molecular weight excluding hydrogens is 434 g/mol. The van der Waals surface area contributed by atoms with Gasteiger partial charge in [0.05, 0.1) is 11.1 Å². The fourth-order valence-electron chi connectivity index (χ4n) is 4.48. The summed E-state index contributed by atoms with van der Waals surface area (Å²) in [5, 5.41) is 2.61. The summed E-state index contributed by atoms with van der Waals surface area (Å²) in [5.74, 6) is -0.651. The van der Waals surface area contributed by atoms with Gasteiger partial charge in [-0.25, -0.2) is 14.4 Å². The topological polar surface area (TPSA) is 90.9 Å². The molecule has 180 valence electrons. The lowest BCUT2D eigenvalue weighted by molar-refractivity contribution is 0.0209. The highest BCUT2D eigenvalue weighted by Crippen LogP contribution is 2.25. The van der Waals surface area contributed by atoms with E-state index in [1.165, 1.54) is 18.2 Å². The van der Waals surface area contributed by atoms with Crippen LogP contribution in [0.15, 0.2) is 48.5 Å². The lowest BCUT2D eigenvalue weighted by Crippen LogP contribution is -2.23. The monoisotopic (exact) mass is 465 g/mol. The molecule has 1 N–H and O–H groups in total. The SMILES string of the molecule is O=C(Nc1cc(C(=O)OC2CCCCC2)cc(C(=O)OC2CCCCC2)c1)Oc1ccccc1. The van der Waals surface area contributed by atoms with E-state index >= 15 is 0 Å². The molecule has 0 bridgehead atoms. The summed E-state index contributed by atoms with van der Waals surface area (Å²) in [6.45, 7) is 0. The molecule has 1 amide bonds. The predicted molar refractivity (Wildman–Crippen MR) is 127 cm³/mol. The Bertz CT molecular complexity index is 943. The summed E-state index contributed by atoms with van der Waals surface area (Å²) in [6, 6.07) is 13.1. The van der Waals surface area contributed by atoms with Crippen molar-refractivity contribution >= 4 is 23.7 Å². The number of rotatable bonds is 6. The Balaban J connectivity index is 1.51. The lowest BCUT2D eigenvalue weighted by Gasteiger charge is -2.23. The van der Waals surface area contributed by atoms with Gasteiger partial charge in [0.2, 0.25) is 0 Å². The average Bonchev–Trinajstić information content (AvgIpc) is 2.85. The summed E-state index contributed by atoms with van der Waals surface area (Å²) in [4.78, 5) is 38.2. The Hall–Kier alpha value is -3.35. The van der Waals surface area contributed by atoms with Gasteiger partial charge < -0.3 is 14.2 Å². The minimum Gasteiger partial charge on any atom is -0.459 e. The van der Waals surface area contributed by atoms with E-state index in [0.29, 0.717) is 5.75 Å². The molecule has 2 saturated carbocycles. The molecule has 2 aliphatic carbocycles. The molecule has 0 atom stereocenters. The zero-order valence-corrected chi connectivity index (χ0v) is 19.3. The second-order valence-electron chi connectivity index (χ2n) is 8.96. The van der Waals surface area contributed by atoms with Crippen molar-refractivity contribution in [1.82, 2.24) is 0 Å². The standard InChI is InChI=1S/C27H31NO6/c29-25(32-22-10-4-1-5-11-22)19-16-20(26(30)33-23-12-6-2-7-13-23)18-21(17-19)28-27(31)34-24-14-8-3-9-15-24/h3,8-9,14-18,22-23H,1-2,4-7,10-13H2,(H,28,31). The van der Waals surface area contributed by atoms with Crippen LogP contribution in [0.1, 0.15) is 84.9 Å². The highest BCUT2D eigenvalue weighted by atomic mass is 16.6. The van der Waals surface area contributed by atoms with E-state index in [9.17, 15) is 14.4 Å². The van der Waals surface area contributed by atoms with Crippen LogP contribution in [0, 0.1) is 0 Å². The first kappa shape index (κ1) is 23.8. The Morgan fingerprint density at radius 3 is 1.68 bits per heavy atom. The van der Waals surface area contributed by atoms with E-state index in [1.54, 1.807) is 24.3 Å². The van der Waals surface area contributed by atoms with E-state index in [2.05, 4.69) is 5.32 Å². The maximum Gasteiger partial charge on any atom is 0.417 e. The van der Waals surface area contributed by atoms with Crippen LogP contribution in [0.25, 0.3) is 0 Å². The van der Waals surface area contributed by atoms with Crippen molar-refractivity contribution in [2.75, 3.05) is 5.32 Å². The molecule has 0 aliphatic heterocycles. The number of nitrogens with one attached hydrogen (secondary N) is 1. The largest absolute Gasteiger partial charge is 0.459 e. The van der Waals surface area contributed by atoms with Gasteiger partial charge in [0.25, 0.3) is 0 Å². The zero-order valence-electron chi connectivity index (χ0n) is 19.3. The molecule has 0 saturated heterocycles. The van der Waals surface area contributed by atoms with Crippen LogP contribution < -0.4 is 10.1 Å². The van der Waals surface area contributed by atoms with E-state index < -0.39 is 18.0 Å². The van der Waals surface area contributed by atoms with Crippen molar-refractivity contribution in [1.29, 1.82) is 0 Å². The Morgan fingerprint density at radius 2 is 1.18 bits per heavy atom. The van der Waals surface area contributed by atoms with Crippen molar-refractivity contribution in [2.24, 2.45) is 0 Å². The molecule has 0 aromatic heterocycles. The molecule has 34 heavy (non-hydrogen) atoms. The van der Waals surface area contributed by atoms with Gasteiger partial charge in [-0.3, -0.25) is 5.32 Å². The van der Waals surface area contributed by atoms with Crippen molar-refractivity contribution < 1.29 is 28.6 Å². The third-order valence-electron chi connectivity index (χ3n) is 6.26. The first-order chi connectivity index (χ1) is 16.6. The van der Waals surface area contributed by atoms with E-state index in [1.807, 2.05) is 6.07 Å². The summed E-state index contributed by atoms with van der Waals surface area (Å²) in [5.41, 5.74) is 0.645. The van der Waals surface area contributed by atoms with Crippen molar-refractivity contribution in [3.63, 3.8) is 0 Å². The van der Waals surface area contributed by atoms with E-state index in [0.717, 1.165) is 64.2 Å². The van der Waals surface area contributed by atoms with Crippen LogP contribution in [-0.2, 0) is 9.47 Å². The maximum atomic E-state index is 12.9. The summed E-state index contributed by atoms with van der Waals surface area (Å²) in [6.07, 6.45) is 8.79. The lowest BCUT2D eigenvalue weighted by atomic mass is 9.97. The average molecular weight is 466 g/mol. The molecule has 0 spiro atoms. The third-order valence-corrected chi connectivity index (χ3v) is 6.26. The third kappa shape index (κ3) is 6.83. The van der Waals surface area contributed by atoms with Gasteiger partial charge in [0, 0.05) is 5.69 Å². The summed E-state index contributed by atoms with van der Waals surface area (Å²) < 4.78 is 16.6. The van der Waals surface area contributed by atoms with Gasteiger partial charge in [0.1, 0.15) is 18.0 Å². The highest BCUT2D eigenvalue weighted by Gasteiger charge is 2.23. The zero-order chi connectivity index (χ0) is 23.8. The van der Waals surface area contributed by atoms with E-state index in [-0.39, 0.29) is 29.0 Å². The first-order valence-corrected chi connectivity index (χ1v) is 12.2. The fourth-order valence-corrected chi connectivity index (χ4v) is 4.48. The molecule has 2 aliphatic rings. The second kappa shape index (κ2) is 11.7. The molecule has 4 rings (SSSR count). The van der Waals surface area contributed by atoms with Gasteiger partial charge in [-0.05, 0) is 81.7 Å². The molecule has 0 radical (unpaired) electrons. The number of ether oxygens (including phenoxy) is 3. The minimum atomic E-state index is -0.726. The fraction of sp³-hybridized carbons (Fsp3) is 0.444. The number of anilines is 1. The van der Waals surface area contributed by atoms with Crippen LogP contribution in [0.2, 0.25) is 0 Å². The Kier molecular flexibility index (Phi) is 8.17. The van der Waals surface area contributed by atoms with Gasteiger partial charge in [-0.1, -0.05) is 31.0 Å². The molecule has 2 aromatic carbocycles. The number of esters is 2. The number of para-hydroxylation sites is 1. The van der Waals surface area contributed by atoms with Crippen LogP contribution in [0.3, 0.4) is 0 Å². The second-order valence-corrected chi connectivity index (χ2v) is 8.96. The number of amides is 1. The summed E-state index contributed by atoms with van der Waals surface area (Å²) >= 11 is 0. The smallest absolute Gasteiger partial charge is 0.417 e. The van der Waals surface area contributed by atoms with Gasteiger partial charge >= 0.3 is 18.0 Å². The van der Waals surface area contributed by atoms with Gasteiger partial charge in [-0.15, -0.1) is 0 Å². The van der Waals surface area contributed by atoms with Crippen molar-refractivity contribution in [2.45, 2.75) is 76.4 Å². The molecule has 0 unspecified atom stereocenters. The van der Waals surface area contributed by atoms with Crippen LogP contribution >= 0.6 is 0 Å². The number of hydrogen-bond acceptors (Lipinski definition) is 6. The quantitative estimate of drug-likeness (QED) is 0.505. The molecule has 2 fully saturated rings. The minimum absolute atomic E-state index is 0.126. The normalized spacial score (nSPS) is 16.9. The van der Waals surface area contributed by atoms with Crippen molar-refractivity contribution in [3.05, 3.63) is 59.7 Å². The van der Waals surface area contributed by atoms with Gasteiger partial charge in [-0.2, -0.15) is 0 Å².